The summed E-state index contributed by atoms with van der Waals surface area (Å²) in [6.45, 7) is 1.55. The molecule has 80 valence electrons. The molecule has 0 saturated heterocycles. The van der Waals surface area contributed by atoms with Gasteiger partial charge in [0, 0.05) is 24.8 Å². The van der Waals surface area contributed by atoms with Gasteiger partial charge in [-0.05, 0) is 18.7 Å². The topological polar surface area (TPSA) is 16.1 Å². The van der Waals surface area contributed by atoms with Crippen LogP contribution >= 0.6 is 11.6 Å². The third-order valence-corrected chi connectivity index (χ3v) is 2.89. The molecule has 1 aliphatic heterocycles. The summed E-state index contributed by atoms with van der Waals surface area (Å²) >= 11 is 6.19. The summed E-state index contributed by atoms with van der Waals surface area (Å²) in [6.07, 6.45) is 4.78. The fourth-order valence-electron chi connectivity index (χ4n) is 1.72. The lowest BCUT2D eigenvalue weighted by Gasteiger charge is -2.26. The van der Waals surface area contributed by atoms with Crippen LogP contribution in [0.3, 0.4) is 0 Å². The zero-order valence-corrected chi connectivity index (χ0v) is 9.21. The molecule has 0 N–H and O–H groups in total. The smallest absolute Gasteiger partial charge is 0.149 e. The van der Waals surface area contributed by atoms with Gasteiger partial charge in [0.2, 0.25) is 0 Å². The molecule has 2 heterocycles. The standard InChI is InChI=1S/C11H12ClFN2/c1-15-5-3-8(10(12)7-15)9-2-4-14-6-11(9)13/h2-4,6,10H,5,7H2,1H3. The summed E-state index contributed by atoms with van der Waals surface area (Å²) in [7, 11) is 1.99. The molecular weight excluding hydrogens is 215 g/mol. The van der Waals surface area contributed by atoms with Crippen LogP contribution in [0, 0.1) is 5.82 Å². The van der Waals surface area contributed by atoms with Crippen LogP contribution in [-0.4, -0.2) is 35.4 Å². The Morgan fingerprint density at radius 3 is 3.07 bits per heavy atom. The number of halogens is 2. The highest BCUT2D eigenvalue weighted by Gasteiger charge is 2.21. The summed E-state index contributed by atoms with van der Waals surface area (Å²) in [4.78, 5) is 5.82. The van der Waals surface area contributed by atoms with Gasteiger partial charge >= 0.3 is 0 Å². The number of hydrogen-bond donors (Lipinski definition) is 0. The monoisotopic (exact) mass is 226 g/mol. The van der Waals surface area contributed by atoms with Crippen molar-refractivity contribution in [3.05, 3.63) is 35.9 Å². The summed E-state index contributed by atoms with van der Waals surface area (Å²) in [5, 5.41) is -0.152. The third kappa shape index (κ3) is 2.19. The fraction of sp³-hybridized carbons (Fsp3) is 0.364. The van der Waals surface area contributed by atoms with Gasteiger partial charge in [-0.2, -0.15) is 0 Å². The second kappa shape index (κ2) is 4.29. The summed E-state index contributed by atoms with van der Waals surface area (Å²) < 4.78 is 13.5. The number of rotatable bonds is 1. The van der Waals surface area contributed by atoms with Crippen LogP contribution in [0.5, 0.6) is 0 Å². The molecule has 1 atom stereocenters. The van der Waals surface area contributed by atoms with E-state index in [0.717, 1.165) is 18.7 Å². The first-order chi connectivity index (χ1) is 7.18. The molecule has 0 aromatic carbocycles. The minimum atomic E-state index is -0.307. The molecule has 0 saturated carbocycles. The van der Waals surface area contributed by atoms with Crippen LogP contribution in [-0.2, 0) is 0 Å². The Morgan fingerprint density at radius 2 is 2.40 bits per heavy atom. The highest BCUT2D eigenvalue weighted by molar-refractivity contribution is 6.26. The highest BCUT2D eigenvalue weighted by Crippen LogP contribution is 2.27. The average molecular weight is 227 g/mol. The molecule has 0 radical (unpaired) electrons. The van der Waals surface area contributed by atoms with Crippen molar-refractivity contribution in [1.82, 2.24) is 9.88 Å². The SMILES string of the molecule is CN1CC=C(c2ccncc2F)C(Cl)C1. The summed E-state index contributed by atoms with van der Waals surface area (Å²) in [5.41, 5.74) is 1.44. The van der Waals surface area contributed by atoms with E-state index in [1.54, 1.807) is 12.3 Å². The van der Waals surface area contributed by atoms with Crippen LogP contribution in [0.15, 0.2) is 24.5 Å². The van der Waals surface area contributed by atoms with Crippen LogP contribution in [0.1, 0.15) is 5.56 Å². The van der Waals surface area contributed by atoms with Gasteiger partial charge in [0.15, 0.2) is 0 Å². The minimum Gasteiger partial charge on any atom is -0.301 e. The Hall–Kier alpha value is -0.930. The van der Waals surface area contributed by atoms with Crippen molar-refractivity contribution in [3.63, 3.8) is 0 Å². The molecule has 0 aliphatic carbocycles. The molecular formula is C11H12ClFN2. The Morgan fingerprint density at radius 1 is 1.60 bits per heavy atom. The van der Waals surface area contributed by atoms with Gasteiger partial charge in [0.05, 0.1) is 11.6 Å². The zero-order chi connectivity index (χ0) is 10.8. The first-order valence-corrected chi connectivity index (χ1v) is 5.24. The second-order valence-corrected chi connectivity index (χ2v) is 4.23. The molecule has 2 rings (SSSR count). The van der Waals surface area contributed by atoms with E-state index in [1.807, 2.05) is 13.1 Å². The normalized spacial score (nSPS) is 22.6. The maximum atomic E-state index is 13.5. The predicted octanol–water partition coefficient (Wildman–Crippen LogP) is 2.16. The Bertz CT molecular complexity index is 392. The predicted molar refractivity (Wildman–Crippen MR) is 59.3 cm³/mol. The van der Waals surface area contributed by atoms with Crippen LogP contribution < -0.4 is 0 Å². The van der Waals surface area contributed by atoms with Crippen molar-refractivity contribution in [1.29, 1.82) is 0 Å². The molecule has 1 aromatic heterocycles. The van der Waals surface area contributed by atoms with Gasteiger partial charge in [-0.15, -0.1) is 11.6 Å². The summed E-state index contributed by atoms with van der Waals surface area (Å²) in [6, 6.07) is 1.67. The molecule has 1 unspecified atom stereocenters. The number of likely N-dealkylation sites (N-methyl/N-ethyl adjacent to an activating group) is 1. The Labute approximate surface area is 93.4 Å². The van der Waals surface area contributed by atoms with E-state index in [1.165, 1.54) is 6.20 Å². The van der Waals surface area contributed by atoms with Gasteiger partial charge in [0.1, 0.15) is 5.82 Å². The third-order valence-electron chi connectivity index (χ3n) is 2.52. The maximum absolute atomic E-state index is 13.5. The molecule has 0 bridgehead atoms. The lowest BCUT2D eigenvalue weighted by Crippen LogP contribution is -2.31. The van der Waals surface area contributed by atoms with Gasteiger partial charge in [-0.1, -0.05) is 6.08 Å². The molecule has 15 heavy (non-hydrogen) atoms. The Kier molecular flexibility index (Phi) is 3.03. The number of nitrogens with zero attached hydrogens (tertiary/aromatic N) is 2. The van der Waals surface area contributed by atoms with E-state index in [-0.39, 0.29) is 11.2 Å². The van der Waals surface area contributed by atoms with E-state index in [0.29, 0.717) is 5.56 Å². The lowest BCUT2D eigenvalue weighted by molar-refractivity contribution is 0.372. The number of hydrogen-bond acceptors (Lipinski definition) is 2. The van der Waals surface area contributed by atoms with Crippen molar-refractivity contribution in [2.45, 2.75) is 5.38 Å². The van der Waals surface area contributed by atoms with E-state index in [9.17, 15) is 4.39 Å². The average Bonchev–Trinajstić information content (AvgIpc) is 2.20. The number of aromatic nitrogens is 1. The van der Waals surface area contributed by atoms with E-state index in [4.69, 9.17) is 11.6 Å². The Balaban J connectivity index is 2.35. The van der Waals surface area contributed by atoms with E-state index < -0.39 is 0 Å². The molecule has 2 nitrogen and oxygen atoms in total. The molecule has 0 fully saturated rings. The molecule has 1 aromatic rings. The lowest BCUT2D eigenvalue weighted by atomic mass is 10.00. The van der Waals surface area contributed by atoms with Gasteiger partial charge in [-0.3, -0.25) is 4.98 Å². The van der Waals surface area contributed by atoms with E-state index in [2.05, 4.69) is 9.88 Å². The van der Waals surface area contributed by atoms with Crippen molar-refractivity contribution in [3.8, 4) is 0 Å². The van der Waals surface area contributed by atoms with Crippen molar-refractivity contribution in [2.75, 3.05) is 20.1 Å². The minimum absolute atomic E-state index is 0.152. The largest absolute Gasteiger partial charge is 0.301 e. The summed E-state index contributed by atoms with van der Waals surface area (Å²) in [5.74, 6) is -0.307. The number of alkyl halides is 1. The van der Waals surface area contributed by atoms with Crippen molar-refractivity contribution >= 4 is 17.2 Å². The van der Waals surface area contributed by atoms with Crippen molar-refractivity contribution in [2.24, 2.45) is 0 Å². The van der Waals surface area contributed by atoms with Crippen molar-refractivity contribution < 1.29 is 4.39 Å². The molecule has 4 heteroatoms. The first kappa shape index (κ1) is 10.6. The molecule has 1 aliphatic rings. The molecule has 0 amide bonds. The van der Waals surface area contributed by atoms with Gasteiger partial charge in [0.25, 0.3) is 0 Å². The number of pyridine rings is 1. The van der Waals surface area contributed by atoms with Crippen LogP contribution in [0.25, 0.3) is 5.57 Å². The quantitative estimate of drug-likeness (QED) is 0.683. The second-order valence-electron chi connectivity index (χ2n) is 3.70. The molecule has 0 spiro atoms. The highest BCUT2D eigenvalue weighted by atomic mass is 35.5. The van der Waals surface area contributed by atoms with Crippen LogP contribution in [0.2, 0.25) is 0 Å². The fourth-order valence-corrected chi connectivity index (χ4v) is 2.16. The first-order valence-electron chi connectivity index (χ1n) is 4.81. The van der Waals surface area contributed by atoms with E-state index >= 15 is 0 Å². The van der Waals surface area contributed by atoms with Gasteiger partial charge < -0.3 is 4.90 Å². The van der Waals surface area contributed by atoms with Gasteiger partial charge in [-0.25, -0.2) is 4.39 Å². The maximum Gasteiger partial charge on any atom is 0.149 e. The zero-order valence-electron chi connectivity index (χ0n) is 8.45. The van der Waals surface area contributed by atoms with Crippen LogP contribution in [0.4, 0.5) is 4.39 Å².